The molecule has 2 rings (SSSR count). The number of anilines is 1. The van der Waals surface area contributed by atoms with Crippen LogP contribution >= 0.6 is 0 Å². The summed E-state index contributed by atoms with van der Waals surface area (Å²) >= 11 is 0. The van der Waals surface area contributed by atoms with Crippen molar-refractivity contribution in [3.63, 3.8) is 0 Å². The van der Waals surface area contributed by atoms with E-state index >= 15 is 0 Å². The molecule has 1 heterocycles. The molecule has 14 heavy (non-hydrogen) atoms. The Morgan fingerprint density at radius 3 is 2.86 bits per heavy atom. The maximum atomic E-state index is 11.7. The number of amides is 1. The van der Waals surface area contributed by atoms with Crippen molar-refractivity contribution in [2.75, 3.05) is 11.9 Å². The molecular formula is C11H14N2O. The van der Waals surface area contributed by atoms with Crippen LogP contribution in [0.2, 0.25) is 0 Å². The van der Waals surface area contributed by atoms with Gasteiger partial charge in [-0.2, -0.15) is 0 Å². The summed E-state index contributed by atoms with van der Waals surface area (Å²) in [6, 6.07) is 7.68. The molecule has 1 aliphatic rings. The zero-order valence-corrected chi connectivity index (χ0v) is 8.45. The molecule has 1 atom stereocenters. The third-order valence-corrected chi connectivity index (χ3v) is 2.68. The van der Waals surface area contributed by atoms with Crippen LogP contribution < -0.4 is 10.2 Å². The van der Waals surface area contributed by atoms with E-state index < -0.39 is 0 Å². The van der Waals surface area contributed by atoms with Crippen LogP contribution in [0.15, 0.2) is 24.3 Å². The third kappa shape index (κ3) is 1.25. The predicted molar refractivity (Wildman–Crippen MR) is 56.4 cm³/mol. The molecule has 1 N–H and O–H groups in total. The minimum Gasteiger partial charge on any atom is -0.354 e. The summed E-state index contributed by atoms with van der Waals surface area (Å²) in [4.78, 5) is 13.8. The molecule has 1 unspecified atom stereocenters. The van der Waals surface area contributed by atoms with Crippen LogP contribution in [0.25, 0.3) is 0 Å². The predicted octanol–water partition coefficient (Wildman–Crippen LogP) is 1.60. The summed E-state index contributed by atoms with van der Waals surface area (Å²) in [6.45, 7) is 2.06. The molecule has 0 fully saturated rings. The van der Waals surface area contributed by atoms with E-state index in [1.807, 2.05) is 31.3 Å². The molecule has 0 saturated heterocycles. The summed E-state index contributed by atoms with van der Waals surface area (Å²) in [6.07, 6.45) is 1.04. The first kappa shape index (κ1) is 9.06. The van der Waals surface area contributed by atoms with E-state index in [4.69, 9.17) is 0 Å². The van der Waals surface area contributed by atoms with Crippen LogP contribution in [0.5, 0.6) is 0 Å². The third-order valence-electron chi connectivity index (χ3n) is 2.68. The number of nitrogens with one attached hydrogen (secondary N) is 1. The first-order valence-corrected chi connectivity index (χ1v) is 4.86. The van der Waals surface area contributed by atoms with Gasteiger partial charge in [-0.15, -0.1) is 0 Å². The summed E-state index contributed by atoms with van der Waals surface area (Å²) < 4.78 is 0. The first-order chi connectivity index (χ1) is 6.74. The van der Waals surface area contributed by atoms with Gasteiger partial charge in [0.05, 0.1) is 11.3 Å². The van der Waals surface area contributed by atoms with E-state index in [-0.39, 0.29) is 12.1 Å². The van der Waals surface area contributed by atoms with E-state index in [2.05, 4.69) is 17.1 Å². The standard InChI is InChI=1S/C11H14N2O/c1-3-10-12-11(14)8-6-4-5-7-9(8)13(10)2/h4-7,10H,3H2,1-2H3,(H,12,14). The van der Waals surface area contributed by atoms with Gasteiger partial charge in [0.2, 0.25) is 0 Å². The number of para-hydroxylation sites is 1. The summed E-state index contributed by atoms with van der Waals surface area (Å²) in [5, 5.41) is 2.96. The molecule has 1 amide bonds. The summed E-state index contributed by atoms with van der Waals surface area (Å²) in [5.74, 6) is 0.0329. The fourth-order valence-corrected chi connectivity index (χ4v) is 1.84. The van der Waals surface area contributed by atoms with Gasteiger partial charge >= 0.3 is 0 Å². The van der Waals surface area contributed by atoms with Crippen molar-refractivity contribution < 1.29 is 4.79 Å². The Morgan fingerprint density at radius 1 is 1.43 bits per heavy atom. The number of hydrogen-bond donors (Lipinski definition) is 1. The number of hydrogen-bond acceptors (Lipinski definition) is 2. The number of carbonyl (C=O) groups excluding carboxylic acids is 1. The average Bonchev–Trinajstić information content (AvgIpc) is 2.23. The molecule has 0 spiro atoms. The van der Waals surface area contributed by atoms with Crippen molar-refractivity contribution in [3.8, 4) is 0 Å². The van der Waals surface area contributed by atoms with E-state index in [9.17, 15) is 4.79 Å². The quantitative estimate of drug-likeness (QED) is 0.729. The molecule has 1 aliphatic heterocycles. The number of rotatable bonds is 1. The largest absolute Gasteiger partial charge is 0.354 e. The summed E-state index contributed by atoms with van der Waals surface area (Å²) in [7, 11) is 2.01. The maximum absolute atomic E-state index is 11.7. The van der Waals surface area contributed by atoms with Crippen LogP contribution in [0, 0.1) is 0 Å². The fourth-order valence-electron chi connectivity index (χ4n) is 1.84. The van der Waals surface area contributed by atoms with Gasteiger partial charge < -0.3 is 10.2 Å². The van der Waals surface area contributed by atoms with Gasteiger partial charge in [0.1, 0.15) is 6.17 Å². The molecule has 3 nitrogen and oxygen atoms in total. The maximum Gasteiger partial charge on any atom is 0.254 e. The molecule has 0 saturated carbocycles. The monoisotopic (exact) mass is 190 g/mol. The Labute approximate surface area is 83.7 Å². The van der Waals surface area contributed by atoms with Crippen molar-refractivity contribution >= 4 is 11.6 Å². The lowest BCUT2D eigenvalue weighted by atomic mass is 10.1. The van der Waals surface area contributed by atoms with Crippen molar-refractivity contribution in [2.24, 2.45) is 0 Å². The van der Waals surface area contributed by atoms with Gasteiger partial charge in [-0.05, 0) is 18.6 Å². The van der Waals surface area contributed by atoms with Crippen molar-refractivity contribution in [3.05, 3.63) is 29.8 Å². The highest BCUT2D eigenvalue weighted by Gasteiger charge is 2.26. The van der Waals surface area contributed by atoms with Crippen LogP contribution in [0.3, 0.4) is 0 Å². The van der Waals surface area contributed by atoms with Gasteiger partial charge in [-0.1, -0.05) is 19.1 Å². The van der Waals surface area contributed by atoms with E-state index in [0.29, 0.717) is 0 Å². The van der Waals surface area contributed by atoms with Crippen molar-refractivity contribution in [2.45, 2.75) is 19.5 Å². The van der Waals surface area contributed by atoms with Crippen molar-refractivity contribution in [1.82, 2.24) is 5.32 Å². The molecule has 3 heteroatoms. The molecular weight excluding hydrogens is 176 g/mol. The molecule has 1 aromatic carbocycles. The highest BCUT2D eigenvalue weighted by atomic mass is 16.2. The van der Waals surface area contributed by atoms with E-state index in [1.54, 1.807) is 0 Å². The van der Waals surface area contributed by atoms with Crippen LogP contribution in [-0.2, 0) is 0 Å². The number of nitrogens with zero attached hydrogens (tertiary/aromatic N) is 1. The van der Waals surface area contributed by atoms with Gasteiger partial charge in [-0.3, -0.25) is 4.79 Å². The zero-order valence-electron chi connectivity index (χ0n) is 8.45. The minimum absolute atomic E-state index is 0.0329. The first-order valence-electron chi connectivity index (χ1n) is 4.86. The second kappa shape index (κ2) is 3.33. The van der Waals surface area contributed by atoms with E-state index in [0.717, 1.165) is 17.7 Å². The Bertz CT molecular complexity index is 362. The number of fused-ring (bicyclic) bond motifs is 1. The average molecular weight is 190 g/mol. The van der Waals surface area contributed by atoms with Gasteiger partial charge in [0.15, 0.2) is 0 Å². The molecule has 1 aromatic rings. The minimum atomic E-state index is 0.0329. The van der Waals surface area contributed by atoms with Crippen LogP contribution in [-0.4, -0.2) is 19.1 Å². The Balaban J connectivity index is 2.46. The Hall–Kier alpha value is -1.51. The second-order valence-electron chi connectivity index (χ2n) is 3.53. The number of carbonyl (C=O) groups is 1. The van der Waals surface area contributed by atoms with Crippen LogP contribution in [0.4, 0.5) is 5.69 Å². The molecule has 0 radical (unpaired) electrons. The lowest BCUT2D eigenvalue weighted by Gasteiger charge is -2.35. The highest BCUT2D eigenvalue weighted by Crippen LogP contribution is 2.25. The van der Waals surface area contributed by atoms with Gasteiger partial charge in [0, 0.05) is 7.05 Å². The molecule has 0 bridgehead atoms. The van der Waals surface area contributed by atoms with E-state index in [1.165, 1.54) is 0 Å². The molecule has 74 valence electrons. The topological polar surface area (TPSA) is 32.3 Å². The normalized spacial score (nSPS) is 20.3. The fraction of sp³-hybridized carbons (Fsp3) is 0.364. The SMILES string of the molecule is CCC1NC(=O)c2ccccc2N1C. The highest BCUT2D eigenvalue weighted by molar-refractivity contribution is 6.01. The van der Waals surface area contributed by atoms with Crippen molar-refractivity contribution in [1.29, 1.82) is 0 Å². The smallest absolute Gasteiger partial charge is 0.254 e. The molecule has 0 aliphatic carbocycles. The summed E-state index contributed by atoms with van der Waals surface area (Å²) in [5.41, 5.74) is 1.78. The second-order valence-corrected chi connectivity index (χ2v) is 3.53. The van der Waals surface area contributed by atoms with Crippen LogP contribution in [0.1, 0.15) is 23.7 Å². The number of benzene rings is 1. The van der Waals surface area contributed by atoms with Gasteiger partial charge in [0.25, 0.3) is 5.91 Å². The lowest BCUT2D eigenvalue weighted by Crippen LogP contribution is -2.50. The Kier molecular flexibility index (Phi) is 2.15. The zero-order chi connectivity index (χ0) is 10.1. The Morgan fingerprint density at radius 2 is 2.14 bits per heavy atom. The molecule has 0 aromatic heterocycles. The lowest BCUT2D eigenvalue weighted by molar-refractivity contribution is 0.0927. The van der Waals surface area contributed by atoms with Gasteiger partial charge in [-0.25, -0.2) is 0 Å².